The van der Waals surface area contributed by atoms with Gasteiger partial charge in [0.2, 0.25) is 0 Å². The predicted octanol–water partition coefficient (Wildman–Crippen LogP) is 2.47. The molecule has 0 aliphatic carbocycles. The van der Waals surface area contributed by atoms with Crippen molar-refractivity contribution in [1.82, 2.24) is 4.98 Å². The summed E-state index contributed by atoms with van der Waals surface area (Å²) in [7, 11) is 0. The zero-order valence-corrected chi connectivity index (χ0v) is 12.0. The third kappa shape index (κ3) is 4.12. The Morgan fingerprint density at radius 1 is 1.32 bits per heavy atom. The number of hydrogen-bond acceptors (Lipinski definition) is 5. The van der Waals surface area contributed by atoms with Crippen LogP contribution in [0.2, 0.25) is 0 Å². The van der Waals surface area contributed by atoms with E-state index in [9.17, 15) is 4.79 Å². The molecule has 0 bridgehead atoms. The molecule has 0 saturated carbocycles. The summed E-state index contributed by atoms with van der Waals surface area (Å²) in [6.07, 6.45) is 3.67. The van der Waals surface area contributed by atoms with Crippen LogP contribution in [0.3, 0.4) is 0 Å². The minimum absolute atomic E-state index is 0.333. The quantitative estimate of drug-likeness (QED) is 0.767. The molecule has 1 aromatic rings. The van der Waals surface area contributed by atoms with Crippen molar-refractivity contribution >= 4 is 17.5 Å². The monoisotopic (exact) mass is 265 g/mol. The second-order valence-electron chi connectivity index (χ2n) is 4.33. The number of nitrogen functional groups attached to an aromatic ring is 1. The van der Waals surface area contributed by atoms with E-state index in [1.807, 2.05) is 0 Å². The number of ether oxygens (including phenoxy) is 1. The standard InChI is InChI=1S/C14H23N3O2/c1-4-7-17(8-5-2)12-10-16-13(15)9-11(12)14(18)19-6-3/h9-10H,4-8H2,1-3H3,(H2,15,16). The molecule has 1 heterocycles. The van der Waals surface area contributed by atoms with E-state index in [2.05, 4.69) is 23.7 Å². The second-order valence-corrected chi connectivity index (χ2v) is 4.33. The van der Waals surface area contributed by atoms with Gasteiger partial charge in [0.1, 0.15) is 5.82 Å². The molecule has 0 saturated heterocycles. The molecular weight excluding hydrogens is 242 g/mol. The van der Waals surface area contributed by atoms with Crippen molar-refractivity contribution < 1.29 is 9.53 Å². The fourth-order valence-electron chi connectivity index (χ4n) is 1.98. The maximum absolute atomic E-state index is 12.0. The SMILES string of the molecule is CCCN(CCC)c1cnc(N)cc1C(=O)OCC. The summed E-state index contributed by atoms with van der Waals surface area (Å²) < 4.78 is 5.08. The van der Waals surface area contributed by atoms with Crippen LogP contribution >= 0.6 is 0 Å². The van der Waals surface area contributed by atoms with Gasteiger partial charge in [0.25, 0.3) is 0 Å². The third-order valence-electron chi connectivity index (χ3n) is 2.73. The Hall–Kier alpha value is -1.78. The summed E-state index contributed by atoms with van der Waals surface area (Å²) in [5.74, 6) is -0.0106. The van der Waals surface area contributed by atoms with Crippen LogP contribution in [-0.2, 0) is 4.74 Å². The molecule has 0 unspecified atom stereocenters. The highest BCUT2D eigenvalue weighted by molar-refractivity contribution is 5.96. The number of esters is 1. The van der Waals surface area contributed by atoms with Gasteiger partial charge >= 0.3 is 5.97 Å². The van der Waals surface area contributed by atoms with Gasteiger partial charge in [-0.3, -0.25) is 0 Å². The van der Waals surface area contributed by atoms with E-state index in [4.69, 9.17) is 10.5 Å². The van der Waals surface area contributed by atoms with Crippen molar-refractivity contribution in [2.75, 3.05) is 30.3 Å². The van der Waals surface area contributed by atoms with Crippen molar-refractivity contribution in [2.45, 2.75) is 33.6 Å². The molecule has 0 fully saturated rings. The first kappa shape index (κ1) is 15.3. The summed E-state index contributed by atoms with van der Waals surface area (Å²) in [4.78, 5) is 18.2. The van der Waals surface area contributed by atoms with Crippen molar-refractivity contribution in [2.24, 2.45) is 0 Å². The Balaban J connectivity index is 3.12. The number of carbonyl (C=O) groups is 1. The Morgan fingerprint density at radius 2 is 1.95 bits per heavy atom. The van der Waals surface area contributed by atoms with Gasteiger partial charge in [0, 0.05) is 13.1 Å². The molecule has 19 heavy (non-hydrogen) atoms. The Labute approximate surface area is 114 Å². The molecule has 1 rings (SSSR count). The van der Waals surface area contributed by atoms with Gasteiger partial charge in [-0.25, -0.2) is 9.78 Å². The second kappa shape index (κ2) is 7.61. The fourth-order valence-corrected chi connectivity index (χ4v) is 1.98. The van der Waals surface area contributed by atoms with Crippen molar-refractivity contribution in [3.8, 4) is 0 Å². The largest absolute Gasteiger partial charge is 0.462 e. The molecule has 5 nitrogen and oxygen atoms in total. The Bertz CT molecular complexity index is 415. The third-order valence-corrected chi connectivity index (χ3v) is 2.73. The minimum atomic E-state index is -0.344. The van der Waals surface area contributed by atoms with E-state index in [0.717, 1.165) is 31.6 Å². The summed E-state index contributed by atoms with van der Waals surface area (Å²) in [5.41, 5.74) is 6.97. The first-order chi connectivity index (χ1) is 9.13. The number of nitrogens with two attached hydrogens (primary N) is 1. The number of rotatable bonds is 7. The highest BCUT2D eigenvalue weighted by atomic mass is 16.5. The highest BCUT2D eigenvalue weighted by Crippen LogP contribution is 2.23. The van der Waals surface area contributed by atoms with Gasteiger partial charge < -0.3 is 15.4 Å². The van der Waals surface area contributed by atoms with E-state index in [1.165, 1.54) is 0 Å². The minimum Gasteiger partial charge on any atom is -0.462 e. The molecule has 0 aliphatic heterocycles. The number of pyridine rings is 1. The summed E-state index contributed by atoms with van der Waals surface area (Å²) in [6, 6.07) is 1.59. The van der Waals surface area contributed by atoms with Gasteiger partial charge in [-0.15, -0.1) is 0 Å². The average Bonchev–Trinajstić information content (AvgIpc) is 2.39. The topological polar surface area (TPSA) is 68.5 Å². The maximum atomic E-state index is 12.0. The smallest absolute Gasteiger partial charge is 0.340 e. The predicted molar refractivity (Wildman–Crippen MR) is 77.4 cm³/mol. The van der Waals surface area contributed by atoms with Crippen molar-refractivity contribution in [1.29, 1.82) is 0 Å². The number of carbonyl (C=O) groups excluding carboxylic acids is 1. The van der Waals surface area contributed by atoms with Gasteiger partial charge in [-0.1, -0.05) is 13.8 Å². The first-order valence-electron chi connectivity index (χ1n) is 6.81. The number of nitrogens with zero attached hydrogens (tertiary/aromatic N) is 2. The summed E-state index contributed by atoms with van der Waals surface area (Å²) in [6.45, 7) is 8.12. The number of anilines is 2. The average molecular weight is 265 g/mol. The van der Waals surface area contributed by atoms with Gasteiger partial charge in [0.05, 0.1) is 24.1 Å². The van der Waals surface area contributed by atoms with Crippen LogP contribution in [0.15, 0.2) is 12.3 Å². The lowest BCUT2D eigenvalue weighted by molar-refractivity contribution is 0.0527. The molecular formula is C14H23N3O2. The maximum Gasteiger partial charge on any atom is 0.340 e. The zero-order chi connectivity index (χ0) is 14.3. The zero-order valence-electron chi connectivity index (χ0n) is 12.0. The van der Waals surface area contributed by atoms with Crippen LogP contribution in [0.4, 0.5) is 11.5 Å². The summed E-state index contributed by atoms with van der Waals surface area (Å²) >= 11 is 0. The highest BCUT2D eigenvalue weighted by Gasteiger charge is 2.18. The number of aromatic nitrogens is 1. The van der Waals surface area contributed by atoms with Crippen LogP contribution in [0, 0.1) is 0 Å². The summed E-state index contributed by atoms with van der Waals surface area (Å²) in [5, 5.41) is 0. The molecule has 106 valence electrons. The molecule has 2 N–H and O–H groups in total. The number of hydrogen-bond donors (Lipinski definition) is 1. The van der Waals surface area contributed by atoms with Crippen LogP contribution in [0.25, 0.3) is 0 Å². The van der Waals surface area contributed by atoms with Gasteiger partial charge in [0.15, 0.2) is 0 Å². The van der Waals surface area contributed by atoms with E-state index in [0.29, 0.717) is 18.0 Å². The van der Waals surface area contributed by atoms with Crippen molar-refractivity contribution in [3.05, 3.63) is 17.8 Å². The first-order valence-corrected chi connectivity index (χ1v) is 6.81. The lowest BCUT2D eigenvalue weighted by Crippen LogP contribution is -2.27. The van der Waals surface area contributed by atoms with Gasteiger partial charge in [-0.05, 0) is 25.8 Å². The lowest BCUT2D eigenvalue weighted by Gasteiger charge is -2.25. The van der Waals surface area contributed by atoms with Crippen LogP contribution < -0.4 is 10.6 Å². The fraction of sp³-hybridized carbons (Fsp3) is 0.571. The van der Waals surface area contributed by atoms with E-state index >= 15 is 0 Å². The van der Waals surface area contributed by atoms with E-state index in [-0.39, 0.29) is 5.97 Å². The molecule has 1 aromatic heterocycles. The normalized spacial score (nSPS) is 10.3. The van der Waals surface area contributed by atoms with Crippen LogP contribution in [0.5, 0.6) is 0 Å². The molecule has 0 aliphatic rings. The van der Waals surface area contributed by atoms with E-state index in [1.54, 1.807) is 19.2 Å². The Kier molecular flexibility index (Phi) is 6.12. The molecule has 0 amide bonds. The molecule has 5 heteroatoms. The lowest BCUT2D eigenvalue weighted by atomic mass is 10.2. The molecule has 0 aromatic carbocycles. The van der Waals surface area contributed by atoms with Crippen molar-refractivity contribution in [3.63, 3.8) is 0 Å². The van der Waals surface area contributed by atoms with Crippen LogP contribution in [0.1, 0.15) is 44.0 Å². The van der Waals surface area contributed by atoms with Crippen LogP contribution in [-0.4, -0.2) is 30.6 Å². The molecule has 0 spiro atoms. The van der Waals surface area contributed by atoms with Gasteiger partial charge in [-0.2, -0.15) is 0 Å². The molecule has 0 radical (unpaired) electrons. The van der Waals surface area contributed by atoms with E-state index < -0.39 is 0 Å². The molecule has 0 atom stereocenters. The Morgan fingerprint density at radius 3 is 2.47 bits per heavy atom.